The summed E-state index contributed by atoms with van der Waals surface area (Å²) in [6.07, 6.45) is 42.8. The van der Waals surface area contributed by atoms with Crippen LogP contribution in [0.1, 0.15) is 233 Å². The number of ether oxygens (including phenoxy) is 2. The van der Waals surface area contributed by atoms with E-state index in [0.717, 1.165) is 65.6 Å². The molecule has 0 aliphatic carbocycles. The van der Waals surface area contributed by atoms with Crippen LogP contribution >= 0.6 is 0 Å². The maximum absolute atomic E-state index is 11.2. The number of rotatable bonds is 44. The summed E-state index contributed by atoms with van der Waals surface area (Å²) in [5, 5.41) is 11.2. The number of hydrogen-bond donors (Lipinski definition) is 1. The first kappa shape index (κ1) is 53.8. The molecule has 1 fully saturated rings. The zero-order valence-corrected chi connectivity index (χ0v) is 39.0. The number of β-amino-alcohol motifs (C(OH)–C–C–N with tert-alkyl or cyclic N) is 1. The molecule has 0 amide bonds. The summed E-state index contributed by atoms with van der Waals surface area (Å²) >= 11 is 0. The molecule has 0 bridgehead atoms. The summed E-state index contributed by atoms with van der Waals surface area (Å²) < 4.78 is 13.0. The Labute approximate surface area is 352 Å². The lowest BCUT2D eigenvalue weighted by Crippen LogP contribution is -2.49. The minimum Gasteiger partial charge on any atom is -0.390 e. The van der Waals surface area contributed by atoms with Crippen LogP contribution in [0.5, 0.6) is 0 Å². The van der Waals surface area contributed by atoms with Crippen LogP contribution in [0, 0.1) is 0 Å². The zero-order valence-electron chi connectivity index (χ0n) is 39.0. The Balaban J connectivity index is 2.43. The lowest BCUT2D eigenvalue weighted by molar-refractivity contribution is 0.0353. The van der Waals surface area contributed by atoms with Gasteiger partial charge >= 0.3 is 0 Å². The Morgan fingerprint density at radius 3 is 1.20 bits per heavy atom. The first-order valence-corrected chi connectivity index (χ1v) is 25.6. The summed E-state index contributed by atoms with van der Waals surface area (Å²) in [6.45, 7) is 19.3. The standard InChI is InChI=1S/C50H103N3O3/c1-6-10-14-18-20-28-36-49(34-26-16-12-8-3)55-44-32-24-22-30-38-52(46-48(54)47-53-42-40-51(5)41-43-53)39-31-23-25-33-45-56-50(35-27-17-13-9-4)37-29-21-19-15-11-7-2/h48-50,54H,6-47H2,1-5H3. The van der Waals surface area contributed by atoms with Crippen molar-refractivity contribution < 1.29 is 14.6 Å². The molecule has 0 radical (unpaired) electrons. The van der Waals surface area contributed by atoms with Gasteiger partial charge in [-0.25, -0.2) is 0 Å². The molecule has 6 nitrogen and oxygen atoms in total. The number of unbranched alkanes of at least 4 members (excludes halogenated alkanes) is 22. The van der Waals surface area contributed by atoms with Gasteiger partial charge in [0.05, 0.1) is 18.3 Å². The van der Waals surface area contributed by atoms with E-state index in [-0.39, 0.29) is 6.10 Å². The van der Waals surface area contributed by atoms with E-state index in [2.05, 4.69) is 49.4 Å². The van der Waals surface area contributed by atoms with Gasteiger partial charge in [0.15, 0.2) is 0 Å². The molecule has 3 unspecified atom stereocenters. The first-order chi connectivity index (χ1) is 27.5. The lowest BCUT2D eigenvalue weighted by atomic mass is 10.0. The van der Waals surface area contributed by atoms with Crippen molar-refractivity contribution in [1.82, 2.24) is 14.7 Å². The van der Waals surface area contributed by atoms with Crippen LogP contribution in [0.3, 0.4) is 0 Å². The van der Waals surface area contributed by atoms with Gasteiger partial charge in [0, 0.05) is 52.5 Å². The Morgan fingerprint density at radius 1 is 0.446 bits per heavy atom. The first-order valence-electron chi connectivity index (χ1n) is 25.6. The highest BCUT2D eigenvalue weighted by molar-refractivity contribution is 4.75. The van der Waals surface area contributed by atoms with Crippen LogP contribution in [-0.4, -0.2) is 111 Å². The molecule has 1 heterocycles. The van der Waals surface area contributed by atoms with Gasteiger partial charge < -0.3 is 24.4 Å². The Kier molecular flexibility index (Phi) is 39.8. The fourth-order valence-corrected chi connectivity index (χ4v) is 8.58. The third kappa shape index (κ3) is 34.6. The minimum atomic E-state index is -0.262. The second-order valence-electron chi connectivity index (χ2n) is 18.2. The van der Waals surface area contributed by atoms with E-state index in [1.807, 2.05) is 0 Å². The second kappa shape index (κ2) is 41.5. The molecule has 1 aliphatic heterocycles. The van der Waals surface area contributed by atoms with E-state index in [4.69, 9.17) is 9.47 Å². The van der Waals surface area contributed by atoms with Crippen molar-refractivity contribution >= 4 is 0 Å². The van der Waals surface area contributed by atoms with E-state index >= 15 is 0 Å². The van der Waals surface area contributed by atoms with Crippen LogP contribution in [-0.2, 0) is 9.47 Å². The van der Waals surface area contributed by atoms with Crippen molar-refractivity contribution in [3.05, 3.63) is 0 Å². The molecular formula is C50H103N3O3. The number of aliphatic hydroxyl groups excluding tert-OH is 1. The maximum atomic E-state index is 11.2. The fraction of sp³-hybridized carbons (Fsp3) is 1.00. The summed E-state index contributed by atoms with van der Waals surface area (Å²) in [4.78, 5) is 7.46. The molecule has 3 atom stereocenters. The maximum Gasteiger partial charge on any atom is 0.0793 e. The molecule has 0 aromatic carbocycles. The van der Waals surface area contributed by atoms with Crippen molar-refractivity contribution in [2.24, 2.45) is 0 Å². The summed E-state index contributed by atoms with van der Waals surface area (Å²) in [5.41, 5.74) is 0. The van der Waals surface area contributed by atoms with Crippen LogP contribution in [0.2, 0.25) is 0 Å². The van der Waals surface area contributed by atoms with Gasteiger partial charge in [0.2, 0.25) is 0 Å². The monoisotopic (exact) mass is 794 g/mol. The van der Waals surface area contributed by atoms with E-state index in [0.29, 0.717) is 12.2 Å². The Hall–Kier alpha value is -0.240. The molecule has 1 N–H and O–H groups in total. The van der Waals surface area contributed by atoms with Crippen LogP contribution in [0.4, 0.5) is 0 Å². The van der Waals surface area contributed by atoms with Gasteiger partial charge in [0.25, 0.3) is 0 Å². The van der Waals surface area contributed by atoms with E-state index in [1.54, 1.807) is 0 Å². The third-order valence-corrected chi connectivity index (χ3v) is 12.5. The lowest BCUT2D eigenvalue weighted by Gasteiger charge is -2.34. The average molecular weight is 794 g/mol. The Morgan fingerprint density at radius 2 is 0.786 bits per heavy atom. The molecular weight excluding hydrogens is 691 g/mol. The van der Waals surface area contributed by atoms with Crippen LogP contribution in [0.25, 0.3) is 0 Å². The summed E-state index contributed by atoms with van der Waals surface area (Å²) in [7, 11) is 2.21. The molecule has 0 aromatic rings. The quantitative estimate of drug-likeness (QED) is 0.0620. The van der Waals surface area contributed by atoms with Gasteiger partial charge in [-0.1, -0.05) is 182 Å². The van der Waals surface area contributed by atoms with Crippen molar-refractivity contribution in [3.63, 3.8) is 0 Å². The number of aliphatic hydroxyl groups is 1. The highest BCUT2D eigenvalue weighted by Gasteiger charge is 2.19. The molecule has 1 aliphatic rings. The molecule has 1 rings (SSSR count). The molecule has 56 heavy (non-hydrogen) atoms. The number of likely N-dealkylation sites (N-methyl/N-ethyl adjacent to an activating group) is 1. The van der Waals surface area contributed by atoms with Crippen LogP contribution in [0.15, 0.2) is 0 Å². The van der Waals surface area contributed by atoms with Gasteiger partial charge in [-0.05, 0) is 71.5 Å². The van der Waals surface area contributed by atoms with Gasteiger partial charge in [-0.15, -0.1) is 0 Å². The minimum absolute atomic E-state index is 0.262. The van der Waals surface area contributed by atoms with Crippen molar-refractivity contribution in [2.45, 2.75) is 251 Å². The zero-order chi connectivity index (χ0) is 40.6. The van der Waals surface area contributed by atoms with Crippen LogP contribution < -0.4 is 0 Å². The molecule has 1 saturated heterocycles. The third-order valence-electron chi connectivity index (χ3n) is 12.5. The van der Waals surface area contributed by atoms with E-state index in [1.165, 1.54) is 205 Å². The smallest absolute Gasteiger partial charge is 0.0793 e. The van der Waals surface area contributed by atoms with Crippen molar-refractivity contribution in [2.75, 3.05) is 72.6 Å². The molecule has 0 saturated carbocycles. The normalized spacial score (nSPS) is 15.9. The highest BCUT2D eigenvalue weighted by Crippen LogP contribution is 2.19. The fourth-order valence-electron chi connectivity index (χ4n) is 8.58. The summed E-state index contributed by atoms with van der Waals surface area (Å²) in [6, 6.07) is 0. The largest absolute Gasteiger partial charge is 0.390 e. The molecule has 0 aromatic heterocycles. The van der Waals surface area contributed by atoms with E-state index in [9.17, 15) is 5.11 Å². The predicted molar refractivity (Wildman–Crippen MR) is 246 cm³/mol. The number of piperazine rings is 1. The second-order valence-corrected chi connectivity index (χ2v) is 18.2. The predicted octanol–water partition coefficient (Wildman–Crippen LogP) is 13.2. The average Bonchev–Trinajstić information content (AvgIpc) is 3.19. The van der Waals surface area contributed by atoms with Crippen molar-refractivity contribution in [3.8, 4) is 0 Å². The number of nitrogens with zero attached hydrogens (tertiary/aromatic N) is 3. The van der Waals surface area contributed by atoms with Gasteiger partial charge in [-0.2, -0.15) is 0 Å². The molecule has 6 heteroatoms. The molecule has 0 spiro atoms. The van der Waals surface area contributed by atoms with Gasteiger partial charge in [-0.3, -0.25) is 4.90 Å². The van der Waals surface area contributed by atoms with E-state index < -0.39 is 0 Å². The van der Waals surface area contributed by atoms with Crippen molar-refractivity contribution in [1.29, 1.82) is 0 Å². The van der Waals surface area contributed by atoms with Gasteiger partial charge in [0.1, 0.15) is 0 Å². The highest BCUT2D eigenvalue weighted by atomic mass is 16.5. The summed E-state index contributed by atoms with van der Waals surface area (Å²) in [5.74, 6) is 0. The number of hydrogen-bond acceptors (Lipinski definition) is 6. The Bertz CT molecular complexity index is 718. The SMILES string of the molecule is CCCCCCCCC(CCCCCC)OCCCCCCN(CCCCCCOC(CCCCCC)CCCCCCCC)CC(O)CN1CCN(C)CC1. The topological polar surface area (TPSA) is 48.4 Å². The molecule has 336 valence electrons.